The SMILES string of the molecule is O=C(C=Cc1ccccc1)OC[C@@H]1O[C@@H](O[C@@H]2OC=C[C@H]3[C@H](O)[C@@H]4O[C@@]4(CO)[C@@H]23)[C@H](O)[C@@H](O)[C@@H]1O. The van der Waals surface area contributed by atoms with E-state index in [1.165, 1.54) is 12.3 Å². The molecule has 2 saturated heterocycles. The van der Waals surface area contributed by atoms with Gasteiger partial charge in [0.1, 0.15) is 42.7 Å². The van der Waals surface area contributed by atoms with Crippen LogP contribution in [-0.2, 0) is 28.5 Å². The Labute approximate surface area is 200 Å². The first-order valence-electron chi connectivity index (χ1n) is 11.4. The van der Waals surface area contributed by atoms with Gasteiger partial charge in [-0.15, -0.1) is 0 Å². The molecule has 0 bridgehead atoms. The second kappa shape index (κ2) is 9.60. The van der Waals surface area contributed by atoms with Crippen molar-refractivity contribution in [2.24, 2.45) is 11.8 Å². The molecular formula is C24H28O11. The first-order valence-corrected chi connectivity index (χ1v) is 11.4. The molecule has 3 fully saturated rings. The van der Waals surface area contributed by atoms with Gasteiger partial charge in [-0.3, -0.25) is 0 Å². The molecule has 1 aliphatic carbocycles. The summed E-state index contributed by atoms with van der Waals surface area (Å²) in [5.41, 5.74) is -0.248. The predicted octanol–water partition coefficient (Wildman–Crippen LogP) is -1.33. The Bertz CT molecular complexity index is 967. The van der Waals surface area contributed by atoms with Crippen LogP contribution in [-0.4, -0.2) is 99.5 Å². The number of esters is 1. The summed E-state index contributed by atoms with van der Waals surface area (Å²) in [4.78, 5) is 12.1. The molecule has 35 heavy (non-hydrogen) atoms. The summed E-state index contributed by atoms with van der Waals surface area (Å²) in [6, 6.07) is 9.11. The fourth-order valence-corrected chi connectivity index (χ4v) is 5.10. The summed E-state index contributed by atoms with van der Waals surface area (Å²) >= 11 is 0. The molecule has 3 heterocycles. The van der Waals surface area contributed by atoms with Gasteiger partial charge in [0.15, 0.2) is 6.29 Å². The number of fused-ring (bicyclic) bond motifs is 3. The summed E-state index contributed by atoms with van der Waals surface area (Å²) in [7, 11) is 0. The highest BCUT2D eigenvalue weighted by Crippen LogP contribution is 2.59. The predicted molar refractivity (Wildman–Crippen MR) is 116 cm³/mol. The molecule has 0 radical (unpaired) electrons. The van der Waals surface area contributed by atoms with Gasteiger partial charge < -0.3 is 49.2 Å². The maximum Gasteiger partial charge on any atom is 0.330 e. The van der Waals surface area contributed by atoms with Crippen molar-refractivity contribution in [3.05, 3.63) is 54.3 Å². The van der Waals surface area contributed by atoms with Crippen molar-refractivity contribution in [2.75, 3.05) is 13.2 Å². The van der Waals surface area contributed by atoms with E-state index in [0.717, 1.165) is 5.56 Å². The number of hydrogen-bond donors (Lipinski definition) is 5. The minimum atomic E-state index is -1.65. The van der Waals surface area contributed by atoms with Crippen molar-refractivity contribution in [3.63, 3.8) is 0 Å². The molecule has 190 valence electrons. The van der Waals surface area contributed by atoms with Crippen molar-refractivity contribution in [1.82, 2.24) is 0 Å². The average Bonchev–Trinajstić information content (AvgIpc) is 3.57. The van der Waals surface area contributed by atoms with Crippen LogP contribution >= 0.6 is 0 Å². The van der Waals surface area contributed by atoms with Crippen molar-refractivity contribution < 1.29 is 54.0 Å². The highest BCUT2D eigenvalue weighted by molar-refractivity contribution is 5.87. The van der Waals surface area contributed by atoms with Crippen molar-refractivity contribution in [2.45, 2.75) is 54.8 Å². The molecule has 11 atom stereocenters. The van der Waals surface area contributed by atoms with Crippen LogP contribution in [0.5, 0.6) is 0 Å². The Kier molecular flexibility index (Phi) is 6.68. The number of aliphatic hydroxyl groups excluding tert-OH is 5. The maximum absolute atomic E-state index is 12.1. The quantitative estimate of drug-likeness (QED) is 0.174. The highest BCUT2D eigenvalue weighted by Gasteiger charge is 2.75. The lowest BCUT2D eigenvalue weighted by atomic mass is 9.85. The minimum absolute atomic E-state index is 0.364. The minimum Gasteiger partial charge on any atom is -0.472 e. The molecule has 0 aromatic heterocycles. The third-order valence-corrected chi connectivity index (χ3v) is 7.05. The number of ether oxygens (including phenoxy) is 5. The maximum atomic E-state index is 12.1. The van der Waals surface area contributed by atoms with E-state index >= 15 is 0 Å². The Hall–Kier alpha value is -2.35. The number of benzene rings is 1. The zero-order valence-electron chi connectivity index (χ0n) is 18.6. The molecule has 3 aliphatic heterocycles. The third kappa shape index (κ3) is 4.39. The van der Waals surface area contributed by atoms with E-state index in [2.05, 4.69) is 0 Å². The first-order chi connectivity index (χ1) is 16.9. The van der Waals surface area contributed by atoms with E-state index in [4.69, 9.17) is 23.7 Å². The van der Waals surface area contributed by atoms with Gasteiger partial charge in [0.25, 0.3) is 0 Å². The molecule has 0 spiro atoms. The molecule has 0 amide bonds. The van der Waals surface area contributed by atoms with E-state index < -0.39 is 79.2 Å². The van der Waals surface area contributed by atoms with Crippen LogP contribution in [0.2, 0.25) is 0 Å². The van der Waals surface area contributed by atoms with Gasteiger partial charge in [0.05, 0.1) is 24.9 Å². The molecule has 1 aromatic carbocycles. The van der Waals surface area contributed by atoms with Gasteiger partial charge in [-0.25, -0.2) is 4.79 Å². The van der Waals surface area contributed by atoms with E-state index in [0.29, 0.717) is 0 Å². The van der Waals surface area contributed by atoms with Crippen LogP contribution in [0, 0.1) is 11.8 Å². The molecule has 5 N–H and O–H groups in total. The molecule has 0 unspecified atom stereocenters. The Morgan fingerprint density at radius 2 is 1.80 bits per heavy atom. The fourth-order valence-electron chi connectivity index (χ4n) is 5.10. The standard InChI is InChI=1S/C24H28O11/c25-11-24-16-13(17(27)21(24)35-24)8-9-31-22(16)34-23-20(30)19(29)18(28)14(33-23)10-32-15(26)7-6-12-4-2-1-3-5-12/h1-9,13-14,16-23,25,27-30H,10-11H2/t13-,14+,16-,17+,18-,19+,20-,21+,22+,23+,24+/m1/s1. The number of carbonyl (C=O) groups is 1. The second-order valence-electron chi connectivity index (χ2n) is 9.10. The summed E-state index contributed by atoms with van der Waals surface area (Å²) in [5, 5.41) is 51.5. The second-order valence-corrected chi connectivity index (χ2v) is 9.10. The van der Waals surface area contributed by atoms with Gasteiger partial charge in [0, 0.05) is 12.0 Å². The fraction of sp³-hybridized carbons (Fsp3) is 0.542. The topological polar surface area (TPSA) is 168 Å². The Morgan fingerprint density at radius 3 is 2.54 bits per heavy atom. The van der Waals surface area contributed by atoms with Gasteiger partial charge in [-0.05, 0) is 17.7 Å². The Morgan fingerprint density at radius 1 is 1.03 bits per heavy atom. The van der Waals surface area contributed by atoms with Crippen LogP contribution in [0.3, 0.4) is 0 Å². The monoisotopic (exact) mass is 492 g/mol. The smallest absolute Gasteiger partial charge is 0.330 e. The number of aliphatic hydroxyl groups is 5. The lowest BCUT2D eigenvalue weighted by Gasteiger charge is -2.43. The highest BCUT2D eigenvalue weighted by atomic mass is 16.8. The average molecular weight is 492 g/mol. The van der Waals surface area contributed by atoms with Gasteiger partial charge >= 0.3 is 5.97 Å². The van der Waals surface area contributed by atoms with Crippen LogP contribution in [0.25, 0.3) is 6.08 Å². The normalized spacial score (nSPS) is 43.9. The molecule has 1 aromatic rings. The van der Waals surface area contributed by atoms with E-state index in [1.807, 2.05) is 30.3 Å². The molecular weight excluding hydrogens is 464 g/mol. The van der Waals surface area contributed by atoms with Crippen LogP contribution in [0.15, 0.2) is 48.7 Å². The summed E-state index contributed by atoms with van der Waals surface area (Å²) in [6.07, 6.45) is -4.23. The van der Waals surface area contributed by atoms with Crippen LogP contribution in [0.4, 0.5) is 0 Å². The summed E-state index contributed by atoms with van der Waals surface area (Å²) in [5.74, 6) is -1.70. The number of epoxide rings is 1. The third-order valence-electron chi connectivity index (χ3n) is 7.05. The van der Waals surface area contributed by atoms with Crippen LogP contribution in [0.1, 0.15) is 5.56 Å². The van der Waals surface area contributed by atoms with Crippen LogP contribution < -0.4 is 0 Å². The number of hydrogen-bond acceptors (Lipinski definition) is 11. The van der Waals surface area contributed by atoms with Crippen molar-refractivity contribution >= 4 is 12.0 Å². The van der Waals surface area contributed by atoms with E-state index in [9.17, 15) is 30.3 Å². The van der Waals surface area contributed by atoms with Gasteiger partial charge in [0.2, 0.25) is 6.29 Å². The number of rotatable bonds is 7. The van der Waals surface area contributed by atoms with E-state index in [-0.39, 0.29) is 6.61 Å². The largest absolute Gasteiger partial charge is 0.472 e. The molecule has 5 rings (SSSR count). The zero-order valence-corrected chi connectivity index (χ0v) is 18.6. The number of carbonyl (C=O) groups excluding carboxylic acids is 1. The Balaban J connectivity index is 1.22. The molecule has 11 heteroatoms. The summed E-state index contributed by atoms with van der Waals surface area (Å²) in [6.45, 7) is -0.776. The van der Waals surface area contributed by atoms with Crippen molar-refractivity contribution in [3.8, 4) is 0 Å². The lowest BCUT2D eigenvalue weighted by molar-refractivity contribution is -0.344. The molecule has 11 nitrogen and oxygen atoms in total. The van der Waals surface area contributed by atoms with Gasteiger partial charge in [-0.2, -0.15) is 0 Å². The van der Waals surface area contributed by atoms with Crippen molar-refractivity contribution in [1.29, 1.82) is 0 Å². The molecule has 4 aliphatic rings. The first kappa shape index (κ1) is 24.3. The molecule has 1 saturated carbocycles. The lowest BCUT2D eigenvalue weighted by Crippen LogP contribution is -2.60. The van der Waals surface area contributed by atoms with Gasteiger partial charge in [-0.1, -0.05) is 30.3 Å². The zero-order chi connectivity index (χ0) is 24.7. The summed E-state index contributed by atoms with van der Waals surface area (Å²) < 4.78 is 27.7. The van der Waals surface area contributed by atoms with E-state index in [1.54, 1.807) is 12.2 Å².